The van der Waals surface area contributed by atoms with E-state index in [1.807, 2.05) is 6.92 Å². The number of phenolic OH excluding ortho intramolecular Hbond substituents is 1. The first-order valence-corrected chi connectivity index (χ1v) is 7.50. The van der Waals surface area contributed by atoms with E-state index in [-0.39, 0.29) is 17.4 Å². The molecular weight excluding hydrogens is 294 g/mol. The van der Waals surface area contributed by atoms with Gasteiger partial charge in [-0.25, -0.2) is 4.79 Å². The smallest absolute Gasteiger partial charge is 0.335 e. The molecule has 0 bridgehead atoms. The third kappa shape index (κ3) is 4.81. The largest absolute Gasteiger partial charge is 0.508 e. The van der Waals surface area contributed by atoms with E-state index in [1.165, 1.54) is 0 Å². The first-order chi connectivity index (χ1) is 11.0. The van der Waals surface area contributed by atoms with Gasteiger partial charge in [0.15, 0.2) is 0 Å². The summed E-state index contributed by atoms with van der Waals surface area (Å²) in [6.45, 7) is 2.56. The molecule has 23 heavy (non-hydrogen) atoms. The lowest BCUT2D eigenvalue weighted by Gasteiger charge is -2.20. The molecule has 0 aliphatic carbocycles. The highest BCUT2D eigenvalue weighted by Crippen LogP contribution is 2.19. The lowest BCUT2D eigenvalue weighted by molar-refractivity contribution is 0.0697. The molecule has 0 fully saturated rings. The monoisotopic (exact) mass is 315 g/mol. The summed E-state index contributed by atoms with van der Waals surface area (Å²) in [5.41, 5.74) is 2.06. The topological polar surface area (TPSA) is 89.8 Å². The zero-order valence-electron chi connectivity index (χ0n) is 12.9. The number of carboxylic acids is 1. The van der Waals surface area contributed by atoms with Gasteiger partial charge >= 0.3 is 5.97 Å². The SMILES string of the molecule is CC(NCCc1ccc(C(=O)O)cc1)C(O)c1ccc(O)cc1. The molecule has 4 N–H and O–H groups in total. The Bertz CT molecular complexity index is 637. The van der Waals surface area contributed by atoms with Crippen LogP contribution in [0.1, 0.15) is 34.5 Å². The summed E-state index contributed by atoms with van der Waals surface area (Å²) in [6, 6.07) is 13.1. The summed E-state index contributed by atoms with van der Waals surface area (Å²) < 4.78 is 0. The molecule has 122 valence electrons. The number of phenols is 1. The summed E-state index contributed by atoms with van der Waals surface area (Å²) in [5, 5.41) is 31.6. The maximum Gasteiger partial charge on any atom is 0.335 e. The van der Waals surface area contributed by atoms with Crippen LogP contribution >= 0.6 is 0 Å². The van der Waals surface area contributed by atoms with E-state index in [2.05, 4.69) is 5.32 Å². The highest BCUT2D eigenvalue weighted by atomic mass is 16.4. The molecule has 0 spiro atoms. The van der Waals surface area contributed by atoms with Crippen molar-refractivity contribution >= 4 is 5.97 Å². The summed E-state index contributed by atoms with van der Waals surface area (Å²) >= 11 is 0. The Kier molecular flexibility index (Phi) is 5.73. The van der Waals surface area contributed by atoms with E-state index in [0.29, 0.717) is 6.54 Å². The van der Waals surface area contributed by atoms with Crippen LogP contribution in [0.4, 0.5) is 0 Å². The van der Waals surface area contributed by atoms with E-state index in [1.54, 1.807) is 48.5 Å². The third-order valence-electron chi connectivity index (χ3n) is 3.79. The minimum absolute atomic E-state index is 0.141. The van der Waals surface area contributed by atoms with Gasteiger partial charge in [0.2, 0.25) is 0 Å². The molecule has 0 heterocycles. The molecule has 2 aromatic rings. The van der Waals surface area contributed by atoms with Crippen molar-refractivity contribution in [2.45, 2.75) is 25.5 Å². The number of aliphatic hydroxyl groups is 1. The van der Waals surface area contributed by atoms with Crippen LogP contribution in [0.25, 0.3) is 0 Å². The van der Waals surface area contributed by atoms with Gasteiger partial charge in [0.1, 0.15) is 5.75 Å². The maximum atomic E-state index is 10.8. The van der Waals surface area contributed by atoms with Gasteiger partial charge in [-0.05, 0) is 55.3 Å². The molecule has 2 rings (SSSR count). The van der Waals surface area contributed by atoms with Crippen molar-refractivity contribution < 1.29 is 20.1 Å². The molecular formula is C18H21NO4. The number of hydrogen-bond donors (Lipinski definition) is 4. The molecule has 0 amide bonds. The minimum Gasteiger partial charge on any atom is -0.508 e. The summed E-state index contributed by atoms with van der Waals surface area (Å²) in [7, 11) is 0. The molecule has 0 aliphatic rings. The van der Waals surface area contributed by atoms with Gasteiger partial charge in [-0.15, -0.1) is 0 Å². The second-order valence-corrected chi connectivity index (χ2v) is 5.53. The Balaban J connectivity index is 1.83. The fraction of sp³-hybridized carbons (Fsp3) is 0.278. The van der Waals surface area contributed by atoms with Gasteiger partial charge in [0, 0.05) is 6.04 Å². The molecule has 2 aromatic carbocycles. The molecule has 0 saturated carbocycles. The summed E-state index contributed by atoms with van der Waals surface area (Å²) in [4.78, 5) is 10.8. The van der Waals surface area contributed by atoms with Crippen molar-refractivity contribution in [3.8, 4) is 5.75 Å². The highest BCUT2D eigenvalue weighted by molar-refractivity contribution is 5.87. The Labute approximate surface area is 135 Å². The lowest BCUT2D eigenvalue weighted by atomic mass is 10.0. The predicted molar refractivity (Wildman–Crippen MR) is 87.6 cm³/mol. The van der Waals surface area contributed by atoms with Crippen LogP contribution in [0.5, 0.6) is 5.75 Å². The summed E-state index contributed by atoms with van der Waals surface area (Å²) in [5.74, 6) is -0.758. The van der Waals surface area contributed by atoms with Crippen molar-refractivity contribution in [2.75, 3.05) is 6.54 Å². The Hall–Kier alpha value is -2.37. The van der Waals surface area contributed by atoms with Crippen LogP contribution in [0.15, 0.2) is 48.5 Å². The van der Waals surface area contributed by atoms with Crippen LogP contribution in [-0.2, 0) is 6.42 Å². The zero-order chi connectivity index (χ0) is 16.8. The van der Waals surface area contributed by atoms with Crippen LogP contribution in [0, 0.1) is 0 Å². The molecule has 0 radical (unpaired) electrons. The number of aliphatic hydroxyl groups excluding tert-OH is 1. The number of aromatic hydroxyl groups is 1. The van der Waals surface area contributed by atoms with Crippen LogP contribution < -0.4 is 5.32 Å². The number of benzene rings is 2. The normalized spacial score (nSPS) is 13.5. The maximum absolute atomic E-state index is 10.8. The number of carboxylic acid groups (broad SMARTS) is 1. The minimum atomic E-state index is -0.930. The van der Waals surface area contributed by atoms with Crippen LogP contribution in [-0.4, -0.2) is 33.9 Å². The van der Waals surface area contributed by atoms with E-state index in [0.717, 1.165) is 17.5 Å². The predicted octanol–water partition coefficient (Wildman–Crippen LogP) is 2.34. The standard InChI is InChI=1S/C18H21NO4/c1-12(17(21)14-6-8-16(20)9-7-14)19-11-10-13-2-4-15(5-3-13)18(22)23/h2-9,12,17,19-21H,10-11H2,1H3,(H,22,23). The van der Waals surface area contributed by atoms with Gasteiger partial charge in [0.05, 0.1) is 11.7 Å². The van der Waals surface area contributed by atoms with Crippen LogP contribution in [0.3, 0.4) is 0 Å². The van der Waals surface area contributed by atoms with E-state index in [9.17, 15) is 15.0 Å². The Morgan fingerprint density at radius 3 is 2.26 bits per heavy atom. The number of hydrogen-bond acceptors (Lipinski definition) is 4. The highest BCUT2D eigenvalue weighted by Gasteiger charge is 2.15. The van der Waals surface area contributed by atoms with Crippen molar-refractivity contribution in [1.29, 1.82) is 0 Å². The quantitative estimate of drug-likeness (QED) is 0.630. The van der Waals surface area contributed by atoms with Crippen molar-refractivity contribution in [3.05, 3.63) is 65.2 Å². The fourth-order valence-electron chi connectivity index (χ4n) is 2.33. The molecule has 2 atom stereocenters. The average Bonchev–Trinajstić information content (AvgIpc) is 2.55. The third-order valence-corrected chi connectivity index (χ3v) is 3.79. The first kappa shape index (κ1) is 17.0. The molecule has 2 unspecified atom stereocenters. The number of carbonyl (C=O) groups is 1. The second-order valence-electron chi connectivity index (χ2n) is 5.53. The van der Waals surface area contributed by atoms with Gasteiger partial charge in [-0.2, -0.15) is 0 Å². The lowest BCUT2D eigenvalue weighted by Crippen LogP contribution is -2.33. The molecule has 0 aliphatic heterocycles. The zero-order valence-corrected chi connectivity index (χ0v) is 12.9. The molecule has 0 saturated heterocycles. The van der Waals surface area contributed by atoms with E-state index >= 15 is 0 Å². The number of aromatic carboxylic acids is 1. The van der Waals surface area contributed by atoms with Gasteiger partial charge in [-0.1, -0.05) is 24.3 Å². The van der Waals surface area contributed by atoms with E-state index < -0.39 is 12.1 Å². The molecule has 5 nitrogen and oxygen atoms in total. The second kappa shape index (κ2) is 7.76. The fourth-order valence-corrected chi connectivity index (χ4v) is 2.33. The van der Waals surface area contributed by atoms with Crippen molar-refractivity contribution in [1.82, 2.24) is 5.32 Å². The van der Waals surface area contributed by atoms with E-state index in [4.69, 9.17) is 5.11 Å². The van der Waals surface area contributed by atoms with Crippen molar-refractivity contribution in [2.24, 2.45) is 0 Å². The Morgan fingerprint density at radius 1 is 1.09 bits per heavy atom. The Morgan fingerprint density at radius 2 is 1.70 bits per heavy atom. The number of nitrogens with one attached hydrogen (secondary N) is 1. The summed E-state index contributed by atoms with van der Waals surface area (Å²) in [6.07, 6.45) is 0.0805. The molecule has 0 aromatic heterocycles. The van der Waals surface area contributed by atoms with Gasteiger partial charge in [0.25, 0.3) is 0 Å². The van der Waals surface area contributed by atoms with Gasteiger partial charge in [-0.3, -0.25) is 0 Å². The van der Waals surface area contributed by atoms with Gasteiger partial charge < -0.3 is 20.6 Å². The average molecular weight is 315 g/mol. The number of rotatable bonds is 7. The van der Waals surface area contributed by atoms with Crippen molar-refractivity contribution in [3.63, 3.8) is 0 Å². The molecule has 5 heteroatoms. The van der Waals surface area contributed by atoms with Crippen LogP contribution in [0.2, 0.25) is 0 Å². The first-order valence-electron chi connectivity index (χ1n) is 7.50.